The zero-order valence-corrected chi connectivity index (χ0v) is 8.60. The molecular weight excluding hydrogens is 198 g/mol. The molecule has 84 valence electrons. The summed E-state index contributed by atoms with van der Waals surface area (Å²) in [5.74, 6) is -0.150. The van der Waals surface area contributed by atoms with Crippen molar-refractivity contribution in [3.05, 3.63) is 5.82 Å². The molecule has 7 heteroatoms. The van der Waals surface area contributed by atoms with Gasteiger partial charge in [-0.1, -0.05) is 6.92 Å². The summed E-state index contributed by atoms with van der Waals surface area (Å²) in [5.41, 5.74) is 5.29. The largest absolute Gasteiger partial charge is 0.395 e. The van der Waals surface area contributed by atoms with E-state index in [-0.39, 0.29) is 30.8 Å². The predicted octanol–water partition coefficient (Wildman–Crippen LogP) is -0.769. The van der Waals surface area contributed by atoms with E-state index in [0.29, 0.717) is 6.54 Å². The molecule has 1 heterocycles. The first-order valence-corrected chi connectivity index (χ1v) is 4.77. The van der Waals surface area contributed by atoms with Crippen LogP contribution in [0.5, 0.6) is 0 Å². The molecule has 0 aromatic carbocycles. The van der Waals surface area contributed by atoms with Gasteiger partial charge in [0, 0.05) is 13.1 Å². The third kappa shape index (κ3) is 2.91. The molecular formula is C8H15N5O2. The lowest BCUT2D eigenvalue weighted by Crippen LogP contribution is -2.34. The van der Waals surface area contributed by atoms with Crippen LogP contribution in [0.2, 0.25) is 0 Å². The Labute approximate surface area is 87.3 Å². The number of aliphatic hydroxyl groups is 1. The number of nitrogens with two attached hydrogens (primary N) is 1. The van der Waals surface area contributed by atoms with Crippen LogP contribution in [0.15, 0.2) is 0 Å². The Morgan fingerprint density at radius 3 is 2.80 bits per heavy atom. The Kier molecular flexibility index (Phi) is 4.04. The number of hydrogen-bond acceptors (Lipinski definition) is 5. The number of aromatic amines is 1. The van der Waals surface area contributed by atoms with Crippen molar-refractivity contribution in [3.63, 3.8) is 0 Å². The monoisotopic (exact) mass is 213 g/mol. The molecule has 4 N–H and O–H groups in total. The van der Waals surface area contributed by atoms with E-state index in [1.165, 1.54) is 4.90 Å². The first-order chi connectivity index (χ1) is 7.19. The molecule has 15 heavy (non-hydrogen) atoms. The van der Waals surface area contributed by atoms with E-state index >= 15 is 0 Å². The van der Waals surface area contributed by atoms with E-state index in [4.69, 9.17) is 10.8 Å². The molecule has 0 saturated heterocycles. The Balaban J connectivity index is 2.71. The van der Waals surface area contributed by atoms with Gasteiger partial charge < -0.3 is 15.7 Å². The quantitative estimate of drug-likeness (QED) is 0.595. The minimum absolute atomic E-state index is 0.0406. The number of amides is 1. The number of hydrogen-bond donors (Lipinski definition) is 3. The van der Waals surface area contributed by atoms with E-state index in [1.807, 2.05) is 6.92 Å². The Bertz CT molecular complexity index is 319. The summed E-state index contributed by atoms with van der Waals surface area (Å²) in [5, 5.41) is 14.8. The minimum Gasteiger partial charge on any atom is -0.395 e. The normalized spacial score (nSPS) is 10.3. The fourth-order valence-corrected chi connectivity index (χ4v) is 1.23. The molecule has 0 radical (unpaired) electrons. The summed E-state index contributed by atoms with van der Waals surface area (Å²) in [6, 6.07) is 0. The second kappa shape index (κ2) is 5.30. The molecule has 0 aliphatic carbocycles. The van der Waals surface area contributed by atoms with E-state index in [2.05, 4.69) is 15.2 Å². The molecule has 0 unspecified atom stereocenters. The smallest absolute Gasteiger partial charge is 0.291 e. The number of H-pyrrole nitrogens is 1. The first-order valence-electron chi connectivity index (χ1n) is 4.77. The predicted molar refractivity (Wildman–Crippen MR) is 54.1 cm³/mol. The average Bonchev–Trinajstić information content (AvgIpc) is 2.63. The molecule has 0 fully saturated rings. The fraction of sp³-hybridized carbons (Fsp3) is 0.625. The van der Waals surface area contributed by atoms with Crippen LogP contribution in [0, 0.1) is 0 Å². The molecule has 0 bridgehead atoms. The number of aliphatic hydroxyl groups excluding tert-OH is 1. The third-order valence-corrected chi connectivity index (χ3v) is 1.86. The van der Waals surface area contributed by atoms with Gasteiger partial charge in [0.25, 0.3) is 5.91 Å². The maximum absolute atomic E-state index is 11.8. The second-order valence-corrected chi connectivity index (χ2v) is 3.06. The standard InChI is InChI=1S/C8H15N5O2/c1-2-3-13(4-5-14)7(15)6-10-8(9)12-11-6/h14H,2-5H2,1H3,(H3,9,10,11,12). The van der Waals surface area contributed by atoms with E-state index in [0.717, 1.165) is 6.42 Å². The van der Waals surface area contributed by atoms with Crippen LogP contribution in [-0.2, 0) is 0 Å². The van der Waals surface area contributed by atoms with Crippen LogP contribution in [0.1, 0.15) is 24.0 Å². The molecule has 1 aromatic heterocycles. The van der Waals surface area contributed by atoms with Gasteiger partial charge in [0.15, 0.2) is 0 Å². The van der Waals surface area contributed by atoms with E-state index < -0.39 is 0 Å². The van der Waals surface area contributed by atoms with Crippen LogP contribution in [-0.4, -0.2) is 50.8 Å². The molecule has 1 rings (SSSR count). The second-order valence-electron chi connectivity index (χ2n) is 3.06. The van der Waals surface area contributed by atoms with Crippen molar-refractivity contribution in [1.82, 2.24) is 20.1 Å². The van der Waals surface area contributed by atoms with Crippen molar-refractivity contribution in [2.24, 2.45) is 0 Å². The zero-order chi connectivity index (χ0) is 11.3. The molecule has 7 nitrogen and oxygen atoms in total. The highest BCUT2D eigenvalue weighted by Crippen LogP contribution is 2.01. The van der Waals surface area contributed by atoms with E-state index in [9.17, 15) is 4.79 Å². The summed E-state index contributed by atoms with van der Waals surface area (Å²) >= 11 is 0. The first kappa shape index (κ1) is 11.4. The summed E-state index contributed by atoms with van der Waals surface area (Å²) < 4.78 is 0. The van der Waals surface area contributed by atoms with Crippen molar-refractivity contribution in [2.75, 3.05) is 25.4 Å². The lowest BCUT2D eigenvalue weighted by atomic mass is 10.3. The van der Waals surface area contributed by atoms with Gasteiger partial charge in [0.05, 0.1) is 6.61 Å². The van der Waals surface area contributed by atoms with Gasteiger partial charge in [0.1, 0.15) is 0 Å². The van der Waals surface area contributed by atoms with Crippen molar-refractivity contribution in [3.8, 4) is 0 Å². The summed E-state index contributed by atoms with van der Waals surface area (Å²) in [6.07, 6.45) is 0.815. The molecule has 0 atom stereocenters. The number of rotatable bonds is 5. The summed E-state index contributed by atoms with van der Waals surface area (Å²) in [4.78, 5) is 17.0. The summed E-state index contributed by atoms with van der Waals surface area (Å²) in [6.45, 7) is 2.73. The van der Waals surface area contributed by atoms with Gasteiger partial charge in [0.2, 0.25) is 11.8 Å². The number of carbonyl (C=O) groups excluding carboxylic acids is 1. The van der Waals surface area contributed by atoms with Crippen LogP contribution in [0.4, 0.5) is 5.95 Å². The van der Waals surface area contributed by atoms with Crippen molar-refractivity contribution in [2.45, 2.75) is 13.3 Å². The van der Waals surface area contributed by atoms with Crippen LogP contribution in [0.3, 0.4) is 0 Å². The van der Waals surface area contributed by atoms with Gasteiger partial charge in [-0.15, -0.1) is 5.10 Å². The molecule has 0 saturated carbocycles. The molecule has 0 aliphatic heterocycles. The Morgan fingerprint density at radius 2 is 2.33 bits per heavy atom. The Morgan fingerprint density at radius 1 is 1.60 bits per heavy atom. The number of carbonyl (C=O) groups is 1. The van der Waals surface area contributed by atoms with Crippen molar-refractivity contribution >= 4 is 11.9 Å². The molecule has 0 aliphatic rings. The highest BCUT2D eigenvalue weighted by molar-refractivity contribution is 5.90. The Hall–Kier alpha value is -1.63. The highest BCUT2D eigenvalue weighted by Gasteiger charge is 2.17. The van der Waals surface area contributed by atoms with Crippen molar-refractivity contribution < 1.29 is 9.90 Å². The van der Waals surface area contributed by atoms with E-state index in [1.54, 1.807) is 0 Å². The van der Waals surface area contributed by atoms with Gasteiger partial charge in [-0.05, 0) is 6.42 Å². The topological polar surface area (TPSA) is 108 Å². The summed E-state index contributed by atoms with van der Waals surface area (Å²) in [7, 11) is 0. The molecule has 0 spiro atoms. The van der Waals surface area contributed by atoms with Gasteiger partial charge in [-0.3, -0.25) is 9.89 Å². The van der Waals surface area contributed by atoms with Crippen molar-refractivity contribution in [1.29, 1.82) is 0 Å². The lowest BCUT2D eigenvalue weighted by molar-refractivity contribution is 0.0710. The van der Waals surface area contributed by atoms with Gasteiger partial charge in [-0.25, -0.2) is 0 Å². The van der Waals surface area contributed by atoms with Crippen LogP contribution in [0.25, 0.3) is 0 Å². The fourth-order valence-electron chi connectivity index (χ4n) is 1.23. The number of aromatic nitrogens is 3. The number of anilines is 1. The highest BCUT2D eigenvalue weighted by atomic mass is 16.3. The maximum Gasteiger partial charge on any atom is 0.291 e. The van der Waals surface area contributed by atoms with Gasteiger partial charge >= 0.3 is 0 Å². The zero-order valence-electron chi connectivity index (χ0n) is 8.60. The van der Waals surface area contributed by atoms with Gasteiger partial charge in [-0.2, -0.15) is 4.98 Å². The molecule has 1 aromatic rings. The number of nitrogens with one attached hydrogen (secondary N) is 1. The number of nitrogen functional groups attached to an aromatic ring is 1. The molecule has 1 amide bonds. The third-order valence-electron chi connectivity index (χ3n) is 1.86. The minimum atomic E-state index is -0.296. The number of nitrogens with zero attached hydrogens (tertiary/aromatic N) is 3. The van der Waals surface area contributed by atoms with Crippen LogP contribution < -0.4 is 5.73 Å². The van der Waals surface area contributed by atoms with Crippen LogP contribution >= 0.6 is 0 Å². The lowest BCUT2D eigenvalue weighted by Gasteiger charge is -2.19. The average molecular weight is 213 g/mol. The maximum atomic E-state index is 11.8. The SMILES string of the molecule is CCCN(CCO)C(=O)c1nc(N)n[nH]1.